The van der Waals surface area contributed by atoms with E-state index in [4.69, 9.17) is 11.6 Å². The molecule has 0 saturated heterocycles. The number of benzene rings is 2. The molecule has 0 fully saturated rings. The summed E-state index contributed by atoms with van der Waals surface area (Å²) in [4.78, 5) is 12.7. The predicted molar refractivity (Wildman–Crippen MR) is 80.2 cm³/mol. The normalized spacial score (nSPS) is 10.7. The Kier molecular flexibility index (Phi) is 3.96. The predicted octanol–water partition coefficient (Wildman–Crippen LogP) is 4.94. The second-order valence-electron chi connectivity index (χ2n) is 5.09. The number of hydrogen-bond donors (Lipinski definition) is 0. The molecular formula is C17H16ClFO. The fraction of sp³-hybridized carbons (Fsp3) is 0.235. The lowest BCUT2D eigenvalue weighted by Crippen LogP contribution is -2.10. The summed E-state index contributed by atoms with van der Waals surface area (Å²) >= 11 is 5.87. The highest BCUT2D eigenvalue weighted by molar-refractivity contribution is 6.31. The minimum absolute atomic E-state index is 0.0219. The number of aryl methyl sites for hydroxylation is 2. The molecule has 0 radical (unpaired) electrons. The van der Waals surface area contributed by atoms with Crippen LogP contribution in [0.3, 0.4) is 0 Å². The molecule has 104 valence electrons. The van der Waals surface area contributed by atoms with Gasteiger partial charge in [0.05, 0.1) is 5.56 Å². The number of rotatable bonds is 2. The molecular weight excluding hydrogens is 275 g/mol. The summed E-state index contributed by atoms with van der Waals surface area (Å²) in [5.41, 5.74) is 4.42. The molecule has 20 heavy (non-hydrogen) atoms. The Hall–Kier alpha value is -1.67. The number of ketones is 1. The summed E-state index contributed by atoms with van der Waals surface area (Å²) in [6.45, 7) is 7.68. The van der Waals surface area contributed by atoms with Crippen LogP contribution in [0.4, 0.5) is 4.39 Å². The van der Waals surface area contributed by atoms with E-state index in [2.05, 4.69) is 0 Å². The summed E-state index contributed by atoms with van der Waals surface area (Å²) in [5, 5.41) is 0.356. The lowest BCUT2D eigenvalue weighted by molar-refractivity contribution is 0.103. The largest absolute Gasteiger partial charge is 0.288 e. The highest BCUT2D eigenvalue weighted by atomic mass is 35.5. The molecule has 0 bridgehead atoms. The molecule has 0 aromatic heterocycles. The third kappa shape index (κ3) is 2.48. The molecule has 2 aromatic carbocycles. The number of carbonyl (C=O) groups excluding carboxylic acids is 1. The van der Waals surface area contributed by atoms with E-state index in [1.54, 1.807) is 0 Å². The van der Waals surface area contributed by atoms with Gasteiger partial charge in [0, 0.05) is 10.6 Å². The zero-order valence-corrected chi connectivity index (χ0v) is 12.7. The van der Waals surface area contributed by atoms with E-state index in [1.165, 1.54) is 18.2 Å². The molecule has 0 spiro atoms. The first kappa shape index (κ1) is 14.7. The average molecular weight is 291 g/mol. The maximum Gasteiger partial charge on any atom is 0.196 e. The van der Waals surface area contributed by atoms with Crippen LogP contribution >= 0.6 is 11.6 Å². The zero-order chi connectivity index (χ0) is 15.0. The van der Waals surface area contributed by atoms with Crippen LogP contribution < -0.4 is 0 Å². The van der Waals surface area contributed by atoms with Crippen molar-refractivity contribution in [1.29, 1.82) is 0 Å². The molecule has 0 amide bonds. The van der Waals surface area contributed by atoms with Gasteiger partial charge in [0.25, 0.3) is 0 Å². The van der Waals surface area contributed by atoms with Crippen LogP contribution in [0.1, 0.15) is 38.2 Å². The lowest BCUT2D eigenvalue weighted by atomic mass is 9.89. The van der Waals surface area contributed by atoms with E-state index < -0.39 is 5.82 Å². The molecule has 0 aliphatic carbocycles. The van der Waals surface area contributed by atoms with Gasteiger partial charge in [-0.15, -0.1) is 0 Å². The van der Waals surface area contributed by atoms with Crippen molar-refractivity contribution in [2.75, 3.05) is 0 Å². The van der Waals surface area contributed by atoms with Gasteiger partial charge in [0.2, 0.25) is 0 Å². The molecule has 3 heteroatoms. The van der Waals surface area contributed by atoms with Gasteiger partial charge in [-0.25, -0.2) is 4.39 Å². The Morgan fingerprint density at radius 1 is 1.00 bits per heavy atom. The molecule has 2 rings (SSSR count). The van der Waals surface area contributed by atoms with Crippen molar-refractivity contribution in [1.82, 2.24) is 0 Å². The van der Waals surface area contributed by atoms with E-state index >= 15 is 0 Å². The number of hydrogen-bond acceptors (Lipinski definition) is 1. The molecule has 0 saturated carbocycles. The Morgan fingerprint density at radius 2 is 1.55 bits per heavy atom. The van der Waals surface area contributed by atoms with Gasteiger partial charge in [0.15, 0.2) is 5.78 Å². The molecule has 0 aliphatic rings. The Bertz CT molecular complexity index is 678. The fourth-order valence-electron chi connectivity index (χ4n) is 2.36. The second-order valence-corrected chi connectivity index (χ2v) is 5.53. The van der Waals surface area contributed by atoms with Crippen LogP contribution in [-0.2, 0) is 0 Å². The van der Waals surface area contributed by atoms with Crippen molar-refractivity contribution in [2.45, 2.75) is 27.7 Å². The van der Waals surface area contributed by atoms with Crippen molar-refractivity contribution >= 4 is 17.4 Å². The minimum atomic E-state index is -0.544. The molecule has 0 aliphatic heterocycles. The summed E-state index contributed by atoms with van der Waals surface area (Å²) in [5.74, 6) is -0.857. The quantitative estimate of drug-likeness (QED) is 0.716. The number of halogens is 2. The maximum absolute atomic E-state index is 13.9. The number of carbonyl (C=O) groups is 1. The van der Waals surface area contributed by atoms with Crippen LogP contribution in [0.5, 0.6) is 0 Å². The third-order valence-corrected chi connectivity index (χ3v) is 4.00. The Balaban J connectivity index is 2.68. The molecule has 1 nitrogen and oxygen atoms in total. The van der Waals surface area contributed by atoms with E-state index in [9.17, 15) is 9.18 Å². The van der Waals surface area contributed by atoms with Crippen molar-refractivity contribution < 1.29 is 9.18 Å². The smallest absolute Gasteiger partial charge is 0.196 e. The van der Waals surface area contributed by atoms with Crippen LogP contribution in [0.25, 0.3) is 0 Å². The van der Waals surface area contributed by atoms with E-state index in [-0.39, 0.29) is 11.3 Å². The van der Waals surface area contributed by atoms with Crippen LogP contribution in [0.2, 0.25) is 5.02 Å². The van der Waals surface area contributed by atoms with E-state index in [0.717, 1.165) is 22.3 Å². The van der Waals surface area contributed by atoms with E-state index in [1.807, 2.05) is 33.8 Å². The van der Waals surface area contributed by atoms with E-state index in [0.29, 0.717) is 10.6 Å². The van der Waals surface area contributed by atoms with Crippen LogP contribution in [0.15, 0.2) is 24.3 Å². The Morgan fingerprint density at radius 3 is 2.10 bits per heavy atom. The van der Waals surface area contributed by atoms with Gasteiger partial charge in [-0.05, 0) is 68.1 Å². The lowest BCUT2D eigenvalue weighted by Gasteiger charge is -2.14. The van der Waals surface area contributed by atoms with Crippen LogP contribution in [0, 0.1) is 33.5 Å². The van der Waals surface area contributed by atoms with Gasteiger partial charge < -0.3 is 0 Å². The van der Waals surface area contributed by atoms with Gasteiger partial charge in [-0.1, -0.05) is 17.7 Å². The van der Waals surface area contributed by atoms with Crippen LogP contribution in [-0.4, -0.2) is 5.78 Å². The zero-order valence-electron chi connectivity index (χ0n) is 12.0. The van der Waals surface area contributed by atoms with Crippen molar-refractivity contribution in [3.05, 3.63) is 68.5 Å². The third-order valence-electron chi connectivity index (χ3n) is 3.77. The van der Waals surface area contributed by atoms with Crippen molar-refractivity contribution in [3.8, 4) is 0 Å². The summed E-state index contributed by atoms with van der Waals surface area (Å²) < 4.78 is 13.9. The first-order chi connectivity index (χ1) is 9.32. The minimum Gasteiger partial charge on any atom is -0.288 e. The summed E-state index contributed by atoms with van der Waals surface area (Å²) in [6.07, 6.45) is 0. The average Bonchev–Trinajstić information content (AvgIpc) is 2.39. The molecule has 0 N–H and O–H groups in total. The fourth-order valence-corrected chi connectivity index (χ4v) is 2.54. The highest BCUT2D eigenvalue weighted by Crippen LogP contribution is 2.26. The molecule has 2 aromatic rings. The highest BCUT2D eigenvalue weighted by Gasteiger charge is 2.20. The molecule has 0 unspecified atom stereocenters. The summed E-state index contributed by atoms with van der Waals surface area (Å²) in [7, 11) is 0. The standard InChI is InChI=1S/C17H16ClFO/c1-9-7-10(2)12(4)16(11(9)3)17(20)14-8-13(18)5-6-15(14)19/h5-8H,1-4H3. The maximum atomic E-state index is 13.9. The van der Waals surface area contributed by atoms with Gasteiger partial charge in [0.1, 0.15) is 5.82 Å². The SMILES string of the molecule is Cc1cc(C)c(C)c(C(=O)c2cc(Cl)ccc2F)c1C. The second kappa shape index (κ2) is 5.37. The van der Waals surface area contributed by atoms with Gasteiger partial charge in [-0.3, -0.25) is 4.79 Å². The van der Waals surface area contributed by atoms with Crippen molar-refractivity contribution in [3.63, 3.8) is 0 Å². The Labute approximate surface area is 123 Å². The van der Waals surface area contributed by atoms with Crippen molar-refractivity contribution in [2.24, 2.45) is 0 Å². The first-order valence-corrected chi connectivity index (χ1v) is 6.78. The van der Waals surface area contributed by atoms with Gasteiger partial charge in [-0.2, -0.15) is 0 Å². The molecule has 0 atom stereocenters. The van der Waals surface area contributed by atoms with Gasteiger partial charge >= 0.3 is 0 Å². The topological polar surface area (TPSA) is 17.1 Å². The summed E-state index contributed by atoms with van der Waals surface area (Å²) in [6, 6.07) is 6.09. The molecule has 0 heterocycles. The first-order valence-electron chi connectivity index (χ1n) is 6.40. The monoisotopic (exact) mass is 290 g/mol.